The number of hydrogen-bond acceptors (Lipinski definition) is 4. The van der Waals surface area contributed by atoms with Crippen LogP contribution in [0.15, 0.2) is 24.3 Å². The number of para-hydroxylation sites is 1. The highest BCUT2D eigenvalue weighted by molar-refractivity contribution is 8.00. The van der Waals surface area contributed by atoms with E-state index < -0.39 is 0 Å². The number of aromatic amines is 1. The Morgan fingerprint density at radius 3 is 2.95 bits per heavy atom. The smallest absolute Gasteiger partial charge is 0.272 e. The molecule has 0 spiro atoms. The predicted octanol–water partition coefficient (Wildman–Crippen LogP) is 2.60. The van der Waals surface area contributed by atoms with Crippen molar-refractivity contribution in [2.45, 2.75) is 24.5 Å². The number of hydrogen-bond donors (Lipinski definition) is 2. The molecule has 1 aromatic carbocycles. The van der Waals surface area contributed by atoms with Crippen LogP contribution in [-0.2, 0) is 4.74 Å². The van der Waals surface area contributed by atoms with Crippen molar-refractivity contribution in [1.82, 2.24) is 15.5 Å². The molecule has 6 heteroatoms. The summed E-state index contributed by atoms with van der Waals surface area (Å²) in [6.45, 7) is 4.36. The zero-order valence-electron chi connectivity index (χ0n) is 12.7. The van der Waals surface area contributed by atoms with Gasteiger partial charge in [0.05, 0.1) is 5.52 Å². The maximum atomic E-state index is 12.5. The van der Waals surface area contributed by atoms with E-state index in [1.165, 1.54) is 0 Å². The van der Waals surface area contributed by atoms with Gasteiger partial charge in [0, 0.05) is 29.9 Å². The van der Waals surface area contributed by atoms with E-state index in [9.17, 15) is 4.79 Å². The van der Waals surface area contributed by atoms with E-state index in [4.69, 9.17) is 4.74 Å². The van der Waals surface area contributed by atoms with Crippen molar-refractivity contribution < 1.29 is 9.53 Å². The normalized spacial score (nSPS) is 17.5. The zero-order chi connectivity index (χ0) is 15.4. The van der Waals surface area contributed by atoms with Crippen LogP contribution in [0.5, 0.6) is 0 Å². The second kappa shape index (κ2) is 6.71. The first kappa shape index (κ1) is 15.4. The third-order valence-corrected chi connectivity index (χ3v) is 5.56. The van der Waals surface area contributed by atoms with E-state index in [0.717, 1.165) is 42.7 Å². The monoisotopic (exact) mass is 319 g/mol. The topological polar surface area (TPSA) is 67.0 Å². The fourth-order valence-corrected chi connectivity index (χ4v) is 4.13. The van der Waals surface area contributed by atoms with Crippen molar-refractivity contribution in [3.63, 3.8) is 0 Å². The lowest BCUT2D eigenvalue weighted by molar-refractivity contribution is 0.0740. The maximum absolute atomic E-state index is 12.5. The largest absolute Gasteiger partial charge is 0.381 e. The first-order chi connectivity index (χ1) is 10.7. The molecule has 0 unspecified atom stereocenters. The number of benzene rings is 1. The summed E-state index contributed by atoms with van der Waals surface area (Å²) in [7, 11) is 0. The molecular formula is C16H21N3O2S. The van der Waals surface area contributed by atoms with Crippen LogP contribution in [0, 0.1) is 0 Å². The molecule has 5 nitrogen and oxygen atoms in total. The molecule has 0 saturated carbocycles. The molecule has 1 aliphatic heterocycles. The molecule has 1 aliphatic rings. The number of H-pyrrole nitrogens is 1. The van der Waals surface area contributed by atoms with Crippen LogP contribution in [-0.4, -0.2) is 46.4 Å². The maximum Gasteiger partial charge on any atom is 0.272 e. The van der Waals surface area contributed by atoms with Crippen LogP contribution in [0.2, 0.25) is 0 Å². The van der Waals surface area contributed by atoms with Gasteiger partial charge >= 0.3 is 0 Å². The van der Waals surface area contributed by atoms with Gasteiger partial charge < -0.3 is 10.1 Å². The number of rotatable bonds is 5. The van der Waals surface area contributed by atoms with Crippen molar-refractivity contribution in [3.8, 4) is 0 Å². The Hall–Kier alpha value is -1.53. The molecule has 118 valence electrons. The number of aromatic nitrogens is 2. The van der Waals surface area contributed by atoms with Crippen molar-refractivity contribution in [2.75, 3.05) is 25.5 Å². The molecule has 22 heavy (non-hydrogen) atoms. The Bertz CT molecular complexity index is 644. The summed E-state index contributed by atoms with van der Waals surface area (Å²) < 4.78 is 5.56. The minimum Gasteiger partial charge on any atom is -0.381 e. The number of nitrogens with zero attached hydrogens (tertiary/aromatic N) is 1. The SMILES string of the molecule is CCSC1(CNC(=O)c2n[nH]c3ccccc23)CCOCC1. The minimum atomic E-state index is -0.111. The summed E-state index contributed by atoms with van der Waals surface area (Å²) in [5, 5.41) is 11.0. The van der Waals surface area contributed by atoms with Crippen LogP contribution in [0.4, 0.5) is 0 Å². The molecule has 2 aromatic rings. The summed E-state index contributed by atoms with van der Waals surface area (Å²) in [4.78, 5) is 12.5. The second-order valence-corrected chi connectivity index (χ2v) is 7.26. The van der Waals surface area contributed by atoms with Gasteiger partial charge in [-0.1, -0.05) is 25.1 Å². The molecule has 2 heterocycles. The van der Waals surface area contributed by atoms with E-state index in [-0.39, 0.29) is 10.7 Å². The first-order valence-corrected chi connectivity index (χ1v) is 8.66. The summed E-state index contributed by atoms with van der Waals surface area (Å²) in [5.41, 5.74) is 1.36. The zero-order valence-corrected chi connectivity index (χ0v) is 13.5. The molecule has 1 amide bonds. The Labute approximate surface area is 134 Å². The number of ether oxygens (including phenoxy) is 1. The van der Waals surface area contributed by atoms with E-state index in [1.807, 2.05) is 36.0 Å². The summed E-state index contributed by atoms with van der Waals surface area (Å²) >= 11 is 1.92. The van der Waals surface area contributed by atoms with Crippen LogP contribution in [0.1, 0.15) is 30.3 Å². The van der Waals surface area contributed by atoms with Gasteiger partial charge in [-0.05, 0) is 24.7 Å². The summed E-state index contributed by atoms with van der Waals surface area (Å²) in [5.74, 6) is 0.932. The number of fused-ring (bicyclic) bond motifs is 1. The van der Waals surface area contributed by atoms with E-state index in [1.54, 1.807) is 0 Å². The molecule has 0 atom stereocenters. The number of nitrogens with one attached hydrogen (secondary N) is 2. The number of carbonyl (C=O) groups excluding carboxylic acids is 1. The van der Waals surface area contributed by atoms with E-state index in [0.29, 0.717) is 12.2 Å². The summed E-state index contributed by atoms with van der Waals surface area (Å²) in [6.07, 6.45) is 1.96. The van der Waals surface area contributed by atoms with Crippen LogP contribution in [0.3, 0.4) is 0 Å². The number of thioether (sulfide) groups is 1. The van der Waals surface area contributed by atoms with Crippen molar-refractivity contribution in [3.05, 3.63) is 30.0 Å². The molecular weight excluding hydrogens is 298 g/mol. The van der Waals surface area contributed by atoms with Gasteiger partial charge in [0.2, 0.25) is 0 Å². The molecule has 1 aromatic heterocycles. The van der Waals surface area contributed by atoms with Crippen LogP contribution >= 0.6 is 11.8 Å². The van der Waals surface area contributed by atoms with Crippen molar-refractivity contribution in [1.29, 1.82) is 0 Å². The van der Waals surface area contributed by atoms with Crippen molar-refractivity contribution in [2.24, 2.45) is 0 Å². The second-order valence-electron chi connectivity index (χ2n) is 5.53. The lowest BCUT2D eigenvalue weighted by Crippen LogP contribution is -2.44. The molecule has 0 aliphatic carbocycles. The fraction of sp³-hybridized carbons (Fsp3) is 0.500. The Morgan fingerprint density at radius 1 is 1.41 bits per heavy atom. The summed E-state index contributed by atoms with van der Waals surface area (Å²) in [6, 6.07) is 7.68. The Balaban J connectivity index is 1.71. The van der Waals surface area contributed by atoms with Gasteiger partial charge in [-0.3, -0.25) is 9.89 Å². The molecule has 1 saturated heterocycles. The molecule has 0 bridgehead atoms. The lowest BCUT2D eigenvalue weighted by atomic mass is 9.99. The molecule has 1 fully saturated rings. The van der Waals surface area contributed by atoms with Gasteiger partial charge in [-0.15, -0.1) is 0 Å². The number of amides is 1. The molecule has 2 N–H and O–H groups in total. The minimum absolute atomic E-state index is 0.0920. The van der Waals surface area contributed by atoms with Crippen molar-refractivity contribution >= 4 is 28.6 Å². The third kappa shape index (κ3) is 3.13. The lowest BCUT2D eigenvalue weighted by Gasteiger charge is -2.36. The Kier molecular flexibility index (Phi) is 4.69. The van der Waals surface area contributed by atoms with Gasteiger partial charge in [0.25, 0.3) is 5.91 Å². The molecule has 3 rings (SSSR count). The van der Waals surface area contributed by atoms with E-state index >= 15 is 0 Å². The predicted molar refractivity (Wildman–Crippen MR) is 89.3 cm³/mol. The average molecular weight is 319 g/mol. The standard InChI is InChI=1S/C16H21N3O2S/c1-2-22-16(7-9-21-10-8-16)11-17-15(20)14-12-5-3-4-6-13(12)18-19-14/h3-6H,2,7-11H2,1H3,(H,17,20)(H,18,19). The van der Waals surface area contributed by atoms with Gasteiger partial charge in [0.1, 0.15) is 0 Å². The average Bonchev–Trinajstić information content (AvgIpc) is 2.98. The quantitative estimate of drug-likeness (QED) is 0.889. The Morgan fingerprint density at radius 2 is 2.18 bits per heavy atom. The first-order valence-electron chi connectivity index (χ1n) is 7.67. The number of carbonyl (C=O) groups is 1. The van der Waals surface area contributed by atoms with E-state index in [2.05, 4.69) is 22.4 Å². The van der Waals surface area contributed by atoms with Gasteiger partial charge in [0.15, 0.2) is 5.69 Å². The highest BCUT2D eigenvalue weighted by Crippen LogP contribution is 2.34. The third-order valence-electron chi connectivity index (χ3n) is 4.11. The van der Waals surface area contributed by atoms with Gasteiger partial charge in [-0.25, -0.2) is 0 Å². The van der Waals surface area contributed by atoms with Gasteiger partial charge in [-0.2, -0.15) is 16.9 Å². The fourth-order valence-electron chi connectivity index (χ4n) is 2.88. The van der Waals surface area contributed by atoms with Crippen LogP contribution in [0.25, 0.3) is 10.9 Å². The molecule has 0 radical (unpaired) electrons. The van der Waals surface area contributed by atoms with Crippen LogP contribution < -0.4 is 5.32 Å². The highest BCUT2D eigenvalue weighted by atomic mass is 32.2. The highest BCUT2D eigenvalue weighted by Gasteiger charge is 2.33.